The first-order valence-electron chi connectivity index (χ1n) is 9.59. The van der Waals surface area contributed by atoms with Crippen molar-refractivity contribution in [2.24, 2.45) is 0 Å². The zero-order valence-corrected chi connectivity index (χ0v) is 20.4. The zero-order chi connectivity index (χ0) is 18.1. The summed E-state index contributed by atoms with van der Waals surface area (Å²) in [5.74, 6) is 0. The summed E-state index contributed by atoms with van der Waals surface area (Å²) >= 11 is 0. The molecule has 0 unspecified atom stereocenters. The van der Waals surface area contributed by atoms with Crippen LogP contribution in [0.4, 0.5) is 0 Å². The third-order valence-corrected chi connectivity index (χ3v) is 15.8. The van der Waals surface area contributed by atoms with Crippen molar-refractivity contribution in [3.8, 4) is 0 Å². The minimum absolute atomic E-state index is 0. The van der Waals surface area contributed by atoms with Gasteiger partial charge in [0.25, 0.3) is 0 Å². The topological polar surface area (TPSA) is 21.7 Å². The molecule has 0 heterocycles. The molecule has 25 heavy (non-hydrogen) atoms. The number of hydrogen-bond donors (Lipinski definition) is 0. The molecular formula is C19H51NO2Si3. The van der Waals surface area contributed by atoms with Crippen LogP contribution in [0, 0.1) is 0 Å². The first-order chi connectivity index (χ1) is 10.5. The normalized spacial score (nSPS) is 12.7. The van der Waals surface area contributed by atoms with Gasteiger partial charge < -0.3 is 13.1 Å². The van der Waals surface area contributed by atoms with Crippen LogP contribution in [-0.2, 0) is 8.23 Å². The molecule has 0 aliphatic rings. The Balaban J connectivity index is -0.00000242. The fourth-order valence-corrected chi connectivity index (χ4v) is 17.5. The van der Waals surface area contributed by atoms with Crippen molar-refractivity contribution in [1.29, 1.82) is 0 Å². The third-order valence-electron chi connectivity index (χ3n) is 4.32. The second-order valence-electron chi connectivity index (χ2n) is 8.36. The lowest BCUT2D eigenvalue weighted by Crippen LogP contribution is -2.52. The molecule has 0 saturated carbocycles. The molecule has 156 valence electrons. The van der Waals surface area contributed by atoms with Crippen LogP contribution in [0.25, 0.3) is 0 Å². The van der Waals surface area contributed by atoms with Gasteiger partial charge in [-0.25, -0.2) is 0 Å². The third kappa shape index (κ3) is 15.3. The Morgan fingerprint density at radius 1 is 0.680 bits per heavy atom. The minimum Gasteiger partial charge on any atom is -0.437 e. The van der Waals surface area contributed by atoms with Gasteiger partial charge in [-0.15, -0.1) is 0 Å². The standard InChI is InChI=1S/C17H43NO2Si3.2CH4/c1-10-13-16-21(4,5)19-23(8,9)20-22(6,7)17-14-15-18(11-2)12-3;;/h10-17H2,1-9H3;2*1H4. The lowest BCUT2D eigenvalue weighted by atomic mass is 10.4. The summed E-state index contributed by atoms with van der Waals surface area (Å²) in [5.41, 5.74) is 0. The summed E-state index contributed by atoms with van der Waals surface area (Å²) in [7, 11) is -5.21. The Kier molecular flexibility index (Phi) is 16.5. The molecule has 0 aliphatic carbocycles. The summed E-state index contributed by atoms with van der Waals surface area (Å²) in [5, 5.41) is 0. The van der Waals surface area contributed by atoms with Crippen LogP contribution in [0.2, 0.25) is 51.4 Å². The van der Waals surface area contributed by atoms with E-state index in [0.29, 0.717) is 0 Å². The number of hydrogen-bond acceptors (Lipinski definition) is 3. The van der Waals surface area contributed by atoms with E-state index in [1.807, 2.05) is 0 Å². The SMILES string of the molecule is C.C.CCCC[Si](C)(C)O[Si](C)(C)O[Si](C)(C)CCCN(CC)CC. The van der Waals surface area contributed by atoms with Crippen molar-refractivity contribution in [3.63, 3.8) is 0 Å². The van der Waals surface area contributed by atoms with Crippen LogP contribution in [0.5, 0.6) is 0 Å². The van der Waals surface area contributed by atoms with E-state index in [4.69, 9.17) is 8.23 Å². The highest BCUT2D eigenvalue weighted by atomic mass is 28.5. The predicted molar refractivity (Wildman–Crippen MR) is 125 cm³/mol. The second-order valence-corrected chi connectivity index (χ2v) is 20.8. The smallest absolute Gasteiger partial charge is 0.311 e. The molecule has 6 heteroatoms. The monoisotopic (exact) mass is 409 g/mol. The highest BCUT2D eigenvalue weighted by Gasteiger charge is 2.39. The quantitative estimate of drug-likeness (QED) is 0.308. The fraction of sp³-hybridized carbons (Fsp3) is 1.00. The zero-order valence-electron chi connectivity index (χ0n) is 17.4. The molecule has 0 aromatic carbocycles. The second kappa shape index (κ2) is 13.7. The highest BCUT2D eigenvalue weighted by Crippen LogP contribution is 2.26. The molecule has 0 aromatic rings. The van der Waals surface area contributed by atoms with Crippen LogP contribution in [0.15, 0.2) is 0 Å². The Labute approximate surface area is 164 Å². The molecule has 0 rings (SSSR count). The van der Waals surface area contributed by atoms with Gasteiger partial charge in [-0.05, 0) is 77.4 Å². The molecule has 0 aromatic heterocycles. The van der Waals surface area contributed by atoms with Crippen molar-refractivity contribution < 1.29 is 8.23 Å². The minimum atomic E-state index is -2.01. The summed E-state index contributed by atoms with van der Waals surface area (Å²) in [6.07, 6.45) is 3.80. The van der Waals surface area contributed by atoms with Crippen LogP contribution >= 0.6 is 0 Å². The summed E-state index contributed by atoms with van der Waals surface area (Å²) in [6.45, 7) is 24.2. The van der Waals surface area contributed by atoms with Crippen molar-refractivity contribution >= 4 is 25.2 Å². The fourth-order valence-electron chi connectivity index (χ4n) is 3.32. The molecule has 0 N–H and O–H groups in total. The van der Waals surface area contributed by atoms with Gasteiger partial charge >= 0.3 is 8.56 Å². The maximum atomic E-state index is 6.66. The van der Waals surface area contributed by atoms with E-state index in [9.17, 15) is 0 Å². The molecule has 0 radical (unpaired) electrons. The van der Waals surface area contributed by atoms with Crippen LogP contribution in [-0.4, -0.2) is 49.7 Å². The molecule has 0 saturated heterocycles. The van der Waals surface area contributed by atoms with E-state index >= 15 is 0 Å². The van der Waals surface area contributed by atoms with Gasteiger partial charge in [0.2, 0.25) is 0 Å². The Morgan fingerprint density at radius 2 is 1.08 bits per heavy atom. The van der Waals surface area contributed by atoms with Gasteiger partial charge in [0, 0.05) is 0 Å². The molecule has 0 amide bonds. The summed E-state index contributed by atoms with van der Waals surface area (Å²) in [6, 6.07) is 2.49. The largest absolute Gasteiger partial charge is 0.437 e. The first-order valence-corrected chi connectivity index (χ1v) is 18.6. The van der Waals surface area contributed by atoms with E-state index in [0.717, 1.165) is 13.1 Å². The van der Waals surface area contributed by atoms with E-state index in [-0.39, 0.29) is 14.9 Å². The number of unbranched alkanes of at least 4 members (excludes halogenated alkanes) is 1. The first kappa shape index (κ1) is 30.3. The van der Waals surface area contributed by atoms with E-state index in [1.54, 1.807) is 0 Å². The maximum absolute atomic E-state index is 6.66. The summed E-state index contributed by atoms with van der Waals surface area (Å²) < 4.78 is 13.3. The van der Waals surface area contributed by atoms with Crippen LogP contribution in [0.3, 0.4) is 0 Å². The predicted octanol–water partition coefficient (Wildman–Crippen LogP) is 6.94. The van der Waals surface area contributed by atoms with Gasteiger partial charge in [0.05, 0.1) is 0 Å². The van der Waals surface area contributed by atoms with Gasteiger partial charge in [0.1, 0.15) is 0 Å². The van der Waals surface area contributed by atoms with Crippen molar-refractivity contribution in [2.45, 2.75) is 106 Å². The average Bonchev–Trinajstić information content (AvgIpc) is 2.38. The number of rotatable bonds is 13. The lowest BCUT2D eigenvalue weighted by Gasteiger charge is -2.39. The van der Waals surface area contributed by atoms with E-state index in [1.165, 1.54) is 37.9 Å². The Hall–Kier alpha value is 0.531. The van der Waals surface area contributed by atoms with Crippen LogP contribution < -0.4 is 0 Å². The van der Waals surface area contributed by atoms with E-state index in [2.05, 4.69) is 65.0 Å². The van der Waals surface area contributed by atoms with Crippen LogP contribution in [0.1, 0.15) is 54.9 Å². The van der Waals surface area contributed by atoms with Crippen molar-refractivity contribution in [3.05, 3.63) is 0 Å². The Bertz CT molecular complexity index is 320. The molecule has 0 atom stereocenters. The van der Waals surface area contributed by atoms with Gasteiger partial charge in [-0.1, -0.05) is 48.5 Å². The molecule has 0 bridgehead atoms. The molecular weight excluding hydrogens is 358 g/mol. The van der Waals surface area contributed by atoms with Crippen molar-refractivity contribution in [1.82, 2.24) is 4.90 Å². The highest BCUT2D eigenvalue weighted by molar-refractivity contribution is 6.87. The lowest BCUT2D eigenvalue weighted by molar-refractivity contribution is 0.302. The van der Waals surface area contributed by atoms with E-state index < -0.39 is 25.2 Å². The van der Waals surface area contributed by atoms with Gasteiger partial charge in [-0.2, -0.15) is 0 Å². The molecule has 0 fully saturated rings. The Morgan fingerprint density at radius 3 is 1.44 bits per heavy atom. The van der Waals surface area contributed by atoms with Crippen molar-refractivity contribution in [2.75, 3.05) is 19.6 Å². The molecule has 3 nitrogen and oxygen atoms in total. The number of nitrogens with zero attached hydrogens (tertiary/aromatic N) is 1. The van der Waals surface area contributed by atoms with Gasteiger partial charge in [-0.3, -0.25) is 0 Å². The molecule has 0 spiro atoms. The summed E-state index contributed by atoms with van der Waals surface area (Å²) in [4.78, 5) is 2.50. The van der Waals surface area contributed by atoms with Gasteiger partial charge in [0.15, 0.2) is 16.6 Å². The average molecular weight is 410 g/mol. The maximum Gasteiger partial charge on any atom is 0.311 e. The molecule has 0 aliphatic heterocycles.